The monoisotopic (exact) mass is 267 g/mol. The molecule has 2 heterocycles. The molecule has 0 aromatic carbocycles. The van der Waals surface area contributed by atoms with Gasteiger partial charge in [0, 0.05) is 25.2 Å². The van der Waals surface area contributed by atoms with Crippen LogP contribution in [0.3, 0.4) is 0 Å². The van der Waals surface area contributed by atoms with Crippen molar-refractivity contribution < 1.29 is 4.79 Å². The van der Waals surface area contributed by atoms with Crippen LogP contribution in [0.2, 0.25) is 0 Å². The van der Waals surface area contributed by atoms with Gasteiger partial charge in [0.15, 0.2) is 0 Å². The molecule has 2 saturated heterocycles. The fourth-order valence-corrected chi connectivity index (χ4v) is 3.78. The van der Waals surface area contributed by atoms with Gasteiger partial charge in [-0.2, -0.15) is 0 Å². The maximum atomic E-state index is 12.0. The van der Waals surface area contributed by atoms with E-state index in [0.29, 0.717) is 12.5 Å². The Morgan fingerprint density at radius 3 is 2.53 bits per heavy atom. The molecule has 0 spiro atoms. The predicted molar refractivity (Wildman–Crippen MR) is 77.8 cm³/mol. The average Bonchev–Trinajstić information content (AvgIpc) is 2.65. The molecule has 110 valence electrons. The van der Waals surface area contributed by atoms with Crippen molar-refractivity contribution in [2.75, 3.05) is 20.1 Å². The standard InChI is InChI=1S/C15H29N3O/c1-3-4-12(9-16)15(19)17-10-11-7-13-5-6-14(8-11)18(13)2/h11-14H,3-10,16H2,1-2H3,(H,17,19). The van der Waals surface area contributed by atoms with Crippen LogP contribution in [0.5, 0.6) is 0 Å². The molecule has 1 amide bonds. The highest BCUT2D eigenvalue weighted by Crippen LogP contribution is 2.36. The molecule has 2 aliphatic rings. The van der Waals surface area contributed by atoms with Crippen LogP contribution in [-0.2, 0) is 4.79 Å². The summed E-state index contributed by atoms with van der Waals surface area (Å²) in [7, 11) is 2.25. The molecule has 3 N–H and O–H groups in total. The third kappa shape index (κ3) is 3.48. The van der Waals surface area contributed by atoms with Crippen molar-refractivity contribution in [2.24, 2.45) is 17.6 Å². The summed E-state index contributed by atoms with van der Waals surface area (Å²) in [6, 6.07) is 1.50. The molecule has 3 unspecified atom stereocenters. The molecule has 4 heteroatoms. The van der Waals surface area contributed by atoms with E-state index in [-0.39, 0.29) is 11.8 Å². The van der Waals surface area contributed by atoms with Crippen LogP contribution >= 0.6 is 0 Å². The Labute approximate surface area is 117 Å². The summed E-state index contributed by atoms with van der Waals surface area (Å²) >= 11 is 0. The van der Waals surface area contributed by atoms with Crippen LogP contribution in [0.1, 0.15) is 45.4 Å². The van der Waals surface area contributed by atoms with E-state index >= 15 is 0 Å². The van der Waals surface area contributed by atoms with E-state index in [1.54, 1.807) is 0 Å². The number of piperidine rings is 1. The van der Waals surface area contributed by atoms with Crippen molar-refractivity contribution in [3.05, 3.63) is 0 Å². The number of fused-ring (bicyclic) bond motifs is 2. The molecule has 2 fully saturated rings. The number of nitrogens with two attached hydrogens (primary N) is 1. The molecule has 19 heavy (non-hydrogen) atoms. The average molecular weight is 267 g/mol. The van der Waals surface area contributed by atoms with E-state index in [9.17, 15) is 4.79 Å². The SMILES string of the molecule is CCCC(CN)C(=O)NCC1CC2CCC(C1)N2C. The van der Waals surface area contributed by atoms with Crippen LogP contribution in [0, 0.1) is 11.8 Å². The predicted octanol–water partition coefficient (Wildman–Crippen LogP) is 1.35. The van der Waals surface area contributed by atoms with E-state index in [1.165, 1.54) is 25.7 Å². The Morgan fingerprint density at radius 2 is 2.00 bits per heavy atom. The highest BCUT2D eigenvalue weighted by Gasteiger charge is 2.38. The minimum Gasteiger partial charge on any atom is -0.356 e. The van der Waals surface area contributed by atoms with Gasteiger partial charge in [0.1, 0.15) is 0 Å². The lowest BCUT2D eigenvalue weighted by Crippen LogP contribution is -2.44. The van der Waals surface area contributed by atoms with E-state index in [2.05, 4.69) is 24.2 Å². The molecular formula is C15H29N3O. The first-order valence-electron chi connectivity index (χ1n) is 7.85. The fraction of sp³-hybridized carbons (Fsp3) is 0.933. The Morgan fingerprint density at radius 1 is 1.37 bits per heavy atom. The van der Waals surface area contributed by atoms with Crippen molar-refractivity contribution in [1.82, 2.24) is 10.2 Å². The molecule has 0 saturated carbocycles. The molecule has 2 rings (SSSR count). The smallest absolute Gasteiger partial charge is 0.224 e. The Kier molecular flexibility index (Phi) is 5.22. The van der Waals surface area contributed by atoms with Gasteiger partial charge in [0.25, 0.3) is 0 Å². The van der Waals surface area contributed by atoms with E-state index in [1.807, 2.05) is 0 Å². The van der Waals surface area contributed by atoms with Crippen LogP contribution in [0.25, 0.3) is 0 Å². The van der Waals surface area contributed by atoms with Crippen molar-refractivity contribution in [3.8, 4) is 0 Å². The van der Waals surface area contributed by atoms with Crippen molar-refractivity contribution in [3.63, 3.8) is 0 Å². The second kappa shape index (κ2) is 6.71. The van der Waals surface area contributed by atoms with Crippen LogP contribution in [0.15, 0.2) is 0 Å². The van der Waals surface area contributed by atoms with E-state index in [4.69, 9.17) is 5.73 Å². The van der Waals surface area contributed by atoms with Crippen molar-refractivity contribution >= 4 is 5.91 Å². The summed E-state index contributed by atoms with van der Waals surface area (Å²) in [5.74, 6) is 0.835. The molecule has 0 aromatic rings. The second-order valence-electron chi connectivity index (χ2n) is 6.35. The number of amides is 1. The van der Waals surface area contributed by atoms with Gasteiger partial charge < -0.3 is 16.0 Å². The summed E-state index contributed by atoms with van der Waals surface area (Å²) < 4.78 is 0. The third-order valence-electron chi connectivity index (χ3n) is 5.05. The molecule has 0 aromatic heterocycles. The Balaban J connectivity index is 1.75. The molecule has 2 bridgehead atoms. The van der Waals surface area contributed by atoms with Gasteiger partial charge in [0.2, 0.25) is 5.91 Å². The summed E-state index contributed by atoms with van der Waals surface area (Å²) in [4.78, 5) is 14.6. The number of rotatable bonds is 6. The lowest BCUT2D eigenvalue weighted by Gasteiger charge is -2.36. The lowest BCUT2D eigenvalue weighted by molar-refractivity contribution is -0.125. The summed E-state index contributed by atoms with van der Waals surface area (Å²) in [5.41, 5.74) is 5.67. The quantitative estimate of drug-likeness (QED) is 0.764. The van der Waals surface area contributed by atoms with Crippen molar-refractivity contribution in [2.45, 2.75) is 57.5 Å². The van der Waals surface area contributed by atoms with Crippen molar-refractivity contribution in [1.29, 1.82) is 0 Å². The minimum atomic E-state index is 0.00739. The highest BCUT2D eigenvalue weighted by molar-refractivity contribution is 5.78. The number of carbonyl (C=O) groups excluding carboxylic acids is 1. The van der Waals surface area contributed by atoms with Crippen LogP contribution in [-0.4, -0.2) is 43.0 Å². The molecule has 3 atom stereocenters. The molecule has 0 radical (unpaired) electrons. The summed E-state index contributed by atoms with van der Waals surface area (Å²) in [5, 5.41) is 3.13. The Hall–Kier alpha value is -0.610. The van der Waals surface area contributed by atoms with E-state index in [0.717, 1.165) is 31.5 Å². The van der Waals surface area contributed by atoms with Gasteiger partial charge in [-0.05, 0) is 45.1 Å². The van der Waals surface area contributed by atoms with Gasteiger partial charge in [0.05, 0.1) is 5.92 Å². The maximum absolute atomic E-state index is 12.0. The van der Waals surface area contributed by atoms with Crippen LogP contribution < -0.4 is 11.1 Å². The third-order valence-corrected chi connectivity index (χ3v) is 5.05. The first-order valence-corrected chi connectivity index (χ1v) is 7.85. The maximum Gasteiger partial charge on any atom is 0.224 e. The lowest BCUT2D eigenvalue weighted by atomic mass is 9.91. The van der Waals surface area contributed by atoms with Gasteiger partial charge >= 0.3 is 0 Å². The number of nitrogens with zero attached hydrogens (tertiary/aromatic N) is 1. The zero-order valence-corrected chi connectivity index (χ0v) is 12.4. The van der Waals surface area contributed by atoms with Gasteiger partial charge in [-0.15, -0.1) is 0 Å². The van der Waals surface area contributed by atoms with Gasteiger partial charge in [-0.1, -0.05) is 13.3 Å². The topological polar surface area (TPSA) is 58.4 Å². The molecular weight excluding hydrogens is 238 g/mol. The fourth-order valence-electron chi connectivity index (χ4n) is 3.78. The highest BCUT2D eigenvalue weighted by atomic mass is 16.1. The number of carbonyl (C=O) groups is 1. The first-order chi connectivity index (χ1) is 9.15. The zero-order chi connectivity index (χ0) is 13.8. The normalized spacial score (nSPS) is 32.3. The summed E-state index contributed by atoms with van der Waals surface area (Å²) in [6.07, 6.45) is 7.09. The molecule has 0 aliphatic carbocycles. The second-order valence-corrected chi connectivity index (χ2v) is 6.35. The largest absolute Gasteiger partial charge is 0.356 e. The first kappa shape index (κ1) is 14.8. The number of hydrogen-bond donors (Lipinski definition) is 2. The van der Waals surface area contributed by atoms with Gasteiger partial charge in [-0.3, -0.25) is 4.79 Å². The Bertz CT molecular complexity index is 294. The number of nitrogens with one attached hydrogen (secondary N) is 1. The zero-order valence-electron chi connectivity index (χ0n) is 12.4. The molecule has 2 aliphatic heterocycles. The molecule has 4 nitrogen and oxygen atoms in total. The number of hydrogen-bond acceptors (Lipinski definition) is 3. The van der Waals surface area contributed by atoms with Crippen LogP contribution in [0.4, 0.5) is 0 Å². The minimum absolute atomic E-state index is 0.00739. The summed E-state index contributed by atoms with van der Waals surface area (Å²) in [6.45, 7) is 3.42. The van der Waals surface area contributed by atoms with Gasteiger partial charge in [-0.25, -0.2) is 0 Å². The van der Waals surface area contributed by atoms with E-state index < -0.39 is 0 Å².